The highest BCUT2D eigenvalue weighted by molar-refractivity contribution is 7.80. The van der Waals surface area contributed by atoms with E-state index >= 15 is 0 Å². The maximum atomic E-state index is 11.4. The minimum Gasteiger partial charge on any atom is -0.478 e. The van der Waals surface area contributed by atoms with Crippen LogP contribution in [0.4, 0.5) is 5.69 Å². The van der Waals surface area contributed by atoms with Crippen molar-refractivity contribution < 1.29 is 9.90 Å². The lowest BCUT2D eigenvalue weighted by Crippen LogP contribution is -2.29. The van der Waals surface area contributed by atoms with E-state index < -0.39 is 5.97 Å². The average molecular weight is 511 g/mol. The van der Waals surface area contributed by atoms with E-state index in [2.05, 4.69) is 77.8 Å². The van der Waals surface area contributed by atoms with Gasteiger partial charge >= 0.3 is 5.97 Å². The molecule has 2 aromatic carbocycles. The molecule has 2 aromatic heterocycles. The summed E-state index contributed by atoms with van der Waals surface area (Å²) in [7, 11) is 0. The second-order valence-corrected chi connectivity index (χ2v) is 10.1. The lowest BCUT2D eigenvalue weighted by molar-refractivity contribution is 0.0697. The zero-order valence-electron chi connectivity index (χ0n) is 21.3. The number of anilines is 1. The van der Waals surface area contributed by atoms with E-state index in [1.807, 2.05) is 36.5 Å². The minimum atomic E-state index is -0.934. The molecule has 0 saturated carbocycles. The SMILES string of the molecule is Cc1cc(C2C(c3ccccn3)NC(=S)N2c2ccc(C(C)C)cc2)c(C)n1-c1ccc(C(=O)O)cc1. The van der Waals surface area contributed by atoms with Gasteiger partial charge in [-0.1, -0.05) is 32.0 Å². The minimum absolute atomic E-state index is 0.120. The maximum Gasteiger partial charge on any atom is 0.335 e. The molecule has 7 heteroatoms. The van der Waals surface area contributed by atoms with Gasteiger partial charge in [0.1, 0.15) is 0 Å². The van der Waals surface area contributed by atoms with Crippen LogP contribution in [0.3, 0.4) is 0 Å². The Morgan fingerprint density at radius 3 is 2.27 bits per heavy atom. The van der Waals surface area contributed by atoms with Crippen LogP contribution in [-0.2, 0) is 0 Å². The van der Waals surface area contributed by atoms with Gasteiger partial charge in [0.25, 0.3) is 0 Å². The third-order valence-corrected chi connectivity index (χ3v) is 7.41. The zero-order chi connectivity index (χ0) is 26.3. The normalized spacial score (nSPS) is 17.3. The van der Waals surface area contributed by atoms with Crippen molar-refractivity contribution in [1.82, 2.24) is 14.9 Å². The van der Waals surface area contributed by atoms with E-state index in [-0.39, 0.29) is 17.6 Å². The topological polar surface area (TPSA) is 70.4 Å². The summed E-state index contributed by atoms with van der Waals surface area (Å²) in [5.74, 6) is -0.489. The highest BCUT2D eigenvalue weighted by Crippen LogP contribution is 2.44. The molecule has 2 N–H and O–H groups in total. The first-order valence-electron chi connectivity index (χ1n) is 12.4. The quantitative estimate of drug-likeness (QED) is 0.289. The predicted octanol–water partition coefficient (Wildman–Crippen LogP) is 6.49. The summed E-state index contributed by atoms with van der Waals surface area (Å²) in [5, 5.41) is 13.5. The van der Waals surface area contributed by atoms with Gasteiger partial charge in [-0.2, -0.15) is 0 Å². The second-order valence-electron chi connectivity index (χ2n) is 9.76. The van der Waals surface area contributed by atoms with Crippen LogP contribution in [-0.4, -0.2) is 25.7 Å². The number of hydrogen-bond acceptors (Lipinski definition) is 3. The van der Waals surface area contributed by atoms with Gasteiger partial charge in [-0.3, -0.25) is 4.98 Å². The highest BCUT2D eigenvalue weighted by Gasteiger charge is 2.42. The highest BCUT2D eigenvalue weighted by atomic mass is 32.1. The summed E-state index contributed by atoms with van der Waals surface area (Å²) >= 11 is 5.90. The summed E-state index contributed by atoms with van der Waals surface area (Å²) < 4.78 is 2.16. The lowest BCUT2D eigenvalue weighted by atomic mass is 9.96. The second kappa shape index (κ2) is 9.82. The molecule has 188 valence electrons. The fourth-order valence-electron chi connectivity index (χ4n) is 5.21. The third-order valence-electron chi connectivity index (χ3n) is 7.10. The number of carbonyl (C=O) groups is 1. The Morgan fingerprint density at radius 2 is 1.68 bits per heavy atom. The van der Waals surface area contributed by atoms with E-state index in [0.29, 0.717) is 11.0 Å². The maximum absolute atomic E-state index is 11.4. The summed E-state index contributed by atoms with van der Waals surface area (Å²) in [6.07, 6.45) is 1.81. The van der Waals surface area contributed by atoms with Gasteiger partial charge in [0, 0.05) is 29.0 Å². The van der Waals surface area contributed by atoms with Gasteiger partial charge in [-0.25, -0.2) is 4.79 Å². The molecule has 1 aliphatic rings. The Kier molecular flexibility index (Phi) is 6.56. The molecule has 0 aliphatic carbocycles. The third kappa shape index (κ3) is 4.51. The standard InChI is InChI=1S/C30H30N4O2S/c1-18(2)21-8-12-24(13-9-21)34-28(27(32-30(34)37)26-7-5-6-16-31-26)25-17-19(3)33(20(25)4)23-14-10-22(11-15-23)29(35)36/h5-18,27-28H,1-4H3,(H,32,37)(H,35,36). The summed E-state index contributed by atoms with van der Waals surface area (Å²) in [6.45, 7) is 8.55. The van der Waals surface area contributed by atoms with E-state index in [1.165, 1.54) is 5.56 Å². The van der Waals surface area contributed by atoms with Crippen LogP contribution in [0.1, 0.15) is 70.4 Å². The van der Waals surface area contributed by atoms with E-state index in [4.69, 9.17) is 12.2 Å². The lowest BCUT2D eigenvalue weighted by Gasteiger charge is -2.28. The molecule has 0 spiro atoms. The van der Waals surface area contributed by atoms with Crippen LogP contribution in [0.15, 0.2) is 79.0 Å². The van der Waals surface area contributed by atoms with Gasteiger partial charge in [-0.05, 0) is 97.7 Å². The molecule has 37 heavy (non-hydrogen) atoms. The van der Waals surface area contributed by atoms with Crippen LogP contribution in [0, 0.1) is 13.8 Å². The van der Waals surface area contributed by atoms with Gasteiger partial charge in [0.05, 0.1) is 23.3 Å². The van der Waals surface area contributed by atoms with Crippen molar-refractivity contribution in [3.05, 3.63) is 113 Å². The Morgan fingerprint density at radius 1 is 1.00 bits per heavy atom. The fraction of sp³-hybridized carbons (Fsp3) is 0.233. The Bertz CT molecular complexity index is 1440. The van der Waals surface area contributed by atoms with Gasteiger partial charge in [-0.15, -0.1) is 0 Å². The molecule has 0 bridgehead atoms. The molecule has 6 nitrogen and oxygen atoms in total. The first-order chi connectivity index (χ1) is 17.8. The molecule has 3 heterocycles. The number of thiocarbonyl (C=S) groups is 1. The summed E-state index contributed by atoms with van der Waals surface area (Å²) in [4.78, 5) is 18.2. The van der Waals surface area contributed by atoms with Crippen molar-refractivity contribution in [2.75, 3.05) is 4.90 Å². The van der Waals surface area contributed by atoms with Gasteiger partial charge in [0.15, 0.2) is 5.11 Å². The molecule has 1 saturated heterocycles. The molecule has 2 atom stereocenters. The molecule has 1 fully saturated rings. The molecular formula is C30H30N4O2S. The molecule has 1 aliphatic heterocycles. The fourth-order valence-corrected chi connectivity index (χ4v) is 5.55. The molecule has 5 rings (SSSR count). The number of nitrogens with one attached hydrogen (secondary N) is 1. The first kappa shape index (κ1) is 24.7. The van der Waals surface area contributed by atoms with E-state index in [9.17, 15) is 9.90 Å². The monoisotopic (exact) mass is 510 g/mol. The molecule has 0 radical (unpaired) electrons. The molecule has 2 unspecified atom stereocenters. The number of carboxylic acid groups (broad SMARTS) is 1. The number of pyridine rings is 1. The Hall–Kier alpha value is -3.97. The van der Waals surface area contributed by atoms with Crippen LogP contribution >= 0.6 is 12.2 Å². The number of rotatable bonds is 6. The van der Waals surface area contributed by atoms with Crippen LogP contribution in [0.5, 0.6) is 0 Å². The number of aryl methyl sites for hydroxylation is 1. The van der Waals surface area contributed by atoms with Crippen molar-refractivity contribution in [3.8, 4) is 5.69 Å². The zero-order valence-corrected chi connectivity index (χ0v) is 22.2. The number of hydrogen-bond donors (Lipinski definition) is 2. The number of aromatic carboxylic acids is 1. The van der Waals surface area contributed by atoms with E-state index in [1.54, 1.807) is 12.1 Å². The average Bonchev–Trinajstić information content (AvgIpc) is 3.39. The van der Waals surface area contributed by atoms with E-state index in [0.717, 1.165) is 34.0 Å². The van der Waals surface area contributed by atoms with Crippen LogP contribution < -0.4 is 10.2 Å². The molecule has 0 amide bonds. The number of carboxylic acids is 1. The molecule has 4 aromatic rings. The largest absolute Gasteiger partial charge is 0.478 e. The first-order valence-corrected chi connectivity index (χ1v) is 12.8. The predicted molar refractivity (Wildman–Crippen MR) is 151 cm³/mol. The summed E-state index contributed by atoms with van der Waals surface area (Å²) in [6, 6.07) is 23.5. The van der Waals surface area contributed by atoms with Crippen LogP contribution in [0.2, 0.25) is 0 Å². The van der Waals surface area contributed by atoms with Crippen molar-refractivity contribution in [2.45, 2.75) is 45.7 Å². The van der Waals surface area contributed by atoms with Crippen molar-refractivity contribution >= 4 is 29.0 Å². The number of benzene rings is 2. The summed E-state index contributed by atoms with van der Waals surface area (Å²) in [5.41, 5.74) is 7.68. The van der Waals surface area contributed by atoms with Gasteiger partial charge in [0.2, 0.25) is 0 Å². The number of aromatic nitrogens is 2. The number of nitrogens with zero attached hydrogens (tertiary/aromatic N) is 3. The molecular weight excluding hydrogens is 480 g/mol. The van der Waals surface area contributed by atoms with Crippen molar-refractivity contribution in [3.63, 3.8) is 0 Å². The van der Waals surface area contributed by atoms with Crippen LogP contribution in [0.25, 0.3) is 5.69 Å². The smallest absolute Gasteiger partial charge is 0.335 e. The Labute approximate surface area is 222 Å². The van der Waals surface area contributed by atoms with Crippen molar-refractivity contribution in [1.29, 1.82) is 0 Å². The van der Waals surface area contributed by atoms with Crippen molar-refractivity contribution in [2.24, 2.45) is 0 Å². The van der Waals surface area contributed by atoms with Gasteiger partial charge < -0.3 is 19.9 Å². The Balaban J connectivity index is 1.63.